The number of hydrogen-bond acceptors (Lipinski definition) is 2. The van der Waals surface area contributed by atoms with E-state index in [1.807, 2.05) is 7.05 Å². The molecule has 0 aromatic heterocycles. The second-order valence-electron chi connectivity index (χ2n) is 4.25. The molecule has 0 atom stereocenters. The zero-order chi connectivity index (χ0) is 11.1. The van der Waals surface area contributed by atoms with Crippen LogP contribution in [0.15, 0.2) is 42.5 Å². The van der Waals surface area contributed by atoms with E-state index in [1.54, 1.807) is 5.01 Å². The number of fused-ring (bicyclic) bond motifs is 3. The Bertz CT molecular complexity index is 544. The third-order valence-corrected chi connectivity index (χ3v) is 3.21. The maximum absolute atomic E-state index is 5.85. The van der Waals surface area contributed by atoms with Gasteiger partial charge in [-0.05, 0) is 28.3 Å². The van der Waals surface area contributed by atoms with Gasteiger partial charge in [0.2, 0.25) is 0 Å². The molecule has 0 heterocycles. The highest BCUT2D eigenvalue weighted by Crippen LogP contribution is 2.40. The molecule has 16 heavy (non-hydrogen) atoms. The lowest BCUT2D eigenvalue weighted by atomic mass is 10.1. The molecule has 0 radical (unpaired) electrons. The van der Waals surface area contributed by atoms with Crippen molar-refractivity contribution in [2.24, 2.45) is 5.84 Å². The largest absolute Gasteiger partial charge is 0.314 e. The van der Waals surface area contributed by atoms with E-state index >= 15 is 0 Å². The second kappa shape index (κ2) is 3.35. The van der Waals surface area contributed by atoms with E-state index in [-0.39, 0.29) is 0 Å². The van der Waals surface area contributed by atoms with Crippen molar-refractivity contribution in [1.82, 2.24) is 0 Å². The van der Waals surface area contributed by atoms with E-state index in [0.29, 0.717) is 0 Å². The Morgan fingerprint density at radius 3 is 2.56 bits per heavy atom. The summed E-state index contributed by atoms with van der Waals surface area (Å²) < 4.78 is 0. The summed E-state index contributed by atoms with van der Waals surface area (Å²) in [5.74, 6) is 5.85. The van der Waals surface area contributed by atoms with Gasteiger partial charge in [-0.15, -0.1) is 0 Å². The standard InChI is InChI=1S/C14H14N2/c1-16(15)14-8-4-7-12-11-6-3-2-5-10(11)9-13(12)14/h2-8H,9,15H2,1H3. The SMILES string of the molecule is CN(N)c1cccc2c1Cc1ccccc1-2. The first-order valence-corrected chi connectivity index (χ1v) is 5.46. The Morgan fingerprint density at radius 2 is 1.75 bits per heavy atom. The van der Waals surface area contributed by atoms with Crippen LogP contribution in [0, 0.1) is 0 Å². The van der Waals surface area contributed by atoms with Crippen LogP contribution in [0.25, 0.3) is 11.1 Å². The lowest BCUT2D eigenvalue weighted by molar-refractivity contribution is 1.00. The van der Waals surface area contributed by atoms with Crippen LogP contribution in [0.1, 0.15) is 11.1 Å². The molecule has 2 aromatic rings. The van der Waals surface area contributed by atoms with Crippen LogP contribution < -0.4 is 10.9 Å². The van der Waals surface area contributed by atoms with Gasteiger partial charge >= 0.3 is 0 Å². The quantitative estimate of drug-likeness (QED) is 0.494. The van der Waals surface area contributed by atoms with Crippen LogP contribution in [0.3, 0.4) is 0 Å². The molecule has 0 saturated carbocycles. The summed E-state index contributed by atoms with van der Waals surface area (Å²) in [7, 11) is 1.89. The van der Waals surface area contributed by atoms with Crippen molar-refractivity contribution >= 4 is 5.69 Å². The van der Waals surface area contributed by atoms with Crippen molar-refractivity contribution in [2.75, 3.05) is 12.1 Å². The molecule has 2 nitrogen and oxygen atoms in total. The van der Waals surface area contributed by atoms with E-state index < -0.39 is 0 Å². The van der Waals surface area contributed by atoms with Gasteiger partial charge < -0.3 is 5.01 Å². The van der Waals surface area contributed by atoms with E-state index in [0.717, 1.165) is 12.1 Å². The van der Waals surface area contributed by atoms with Gasteiger partial charge in [-0.2, -0.15) is 0 Å². The third kappa shape index (κ3) is 1.24. The van der Waals surface area contributed by atoms with Crippen LogP contribution in [0.4, 0.5) is 5.69 Å². The van der Waals surface area contributed by atoms with Crippen LogP contribution in [-0.4, -0.2) is 7.05 Å². The highest BCUT2D eigenvalue weighted by atomic mass is 15.4. The number of nitrogens with zero attached hydrogens (tertiary/aromatic N) is 1. The summed E-state index contributed by atoms with van der Waals surface area (Å²) in [5, 5.41) is 1.70. The molecule has 2 heteroatoms. The molecule has 0 aliphatic heterocycles. The molecule has 0 unspecified atom stereocenters. The third-order valence-electron chi connectivity index (χ3n) is 3.21. The molecular weight excluding hydrogens is 196 g/mol. The molecule has 3 rings (SSSR count). The minimum absolute atomic E-state index is 0.989. The Balaban J connectivity index is 2.24. The van der Waals surface area contributed by atoms with Gasteiger partial charge in [-0.3, -0.25) is 0 Å². The highest BCUT2D eigenvalue weighted by molar-refractivity contribution is 5.82. The molecule has 0 saturated heterocycles. The van der Waals surface area contributed by atoms with Crippen LogP contribution in [-0.2, 0) is 6.42 Å². The average Bonchev–Trinajstić information content (AvgIpc) is 2.67. The van der Waals surface area contributed by atoms with Gasteiger partial charge in [0.25, 0.3) is 0 Å². The molecule has 2 aromatic carbocycles. The molecule has 80 valence electrons. The first-order chi connectivity index (χ1) is 7.77. The van der Waals surface area contributed by atoms with E-state index in [1.165, 1.54) is 22.3 Å². The molecule has 1 aliphatic rings. The Morgan fingerprint density at radius 1 is 1.00 bits per heavy atom. The van der Waals surface area contributed by atoms with Gasteiger partial charge in [-0.25, -0.2) is 5.84 Å². The van der Waals surface area contributed by atoms with Crippen molar-refractivity contribution in [2.45, 2.75) is 6.42 Å². The molecule has 0 fully saturated rings. The molecule has 1 aliphatic carbocycles. The second-order valence-corrected chi connectivity index (χ2v) is 4.25. The number of benzene rings is 2. The maximum atomic E-state index is 5.85. The maximum Gasteiger partial charge on any atom is 0.0555 e. The number of anilines is 1. The first-order valence-electron chi connectivity index (χ1n) is 5.46. The number of hydrazine groups is 1. The van der Waals surface area contributed by atoms with Gasteiger partial charge in [0.1, 0.15) is 0 Å². The van der Waals surface area contributed by atoms with Crippen molar-refractivity contribution in [3.8, 4) is 11.1 Å². The smallest absolute Gasteiger partial charge is 0.0555 e. The lowest BCUT2D eigenvalue weighted by Gasteiger charge is -2.16. The molecule has 2 N–H and O–H groups in total. The van der Waals surface area contributed by atoms with Gasteiger partial charge in [0.15, 0.2) is 0 Å². The molecule has 0 amide bonds. The lowest BCUT2D eigenvalue weighted by Crippen LogP contribution is -2.26. The minimum atomic E-state index is 0.989. The number of nitrogens with two attached hydrogens (primary N) is 1. The first kappa shape index (κ1) is 9.43. The predicted molar refractivity (Wildman–Crippen MR) is 67.3 cm³/mol. The van der Waals surface area contributed by atoms with Crippen LogP contribution in [0.2, 0.25) is 0 Å². The fourth-order valence-corrected chi connectivity index (χ4v) is 2.47. The summed E-state index contributed by atoms with van der Waals surface area (Å²) in [6.07, 6.45) is 0.989. The molecular formula is C14H14N2. The molecule has 0 spiro atoms. The van der Waals surface area contributed by atoms with E-state index in [2.05, 4.69) is 42.5 Å². The van der Waals surface area contributed by atoms with Crippen molar-refractivity contribution < 1.29 is 0 Å². The van der Waals surface area contributed by atoms with Crippen molar-refractivity contribution in [3.05, 3.63) is 53.6 Å². The minimum Gasteiger partial charge on any atom is -0.314 e. The zero-order valence-electron chi connectivity index (χ0n) is 9.27. The average molecular weight is 210 g/mol. The highest BCUT2D eigenvalue weighted by Gasteiger charge is 2.20. The number of rotatable bonds is 1. The van der Waals surface area contributed by atoms with Crippen LogP contribution in [0.5, 0.6) is 0 Å². The summed E-state index contributed by atoms with van der Waals surface area (Å²) in [6, 6.07) is 14.9. The Hall–Kier alpha value is -1.80. The Kier molecular flexibility index (Phi) is 1.98. The van der Waals surface area contributed by atoms with Crippen LogP contribution >= 0.6 is 0 Å². The van der Waals surface area contributed by atoms with Crippen molar-refractivity contribution in [1.29, 1.82) is 0 Å². The zero-order valence-corrected chi connectivity index (χ0v) is 9.27. The van der Waals surface area contributed by atoms with Gasteiger partial charge in [0, 0.05) is 13.5 Å². The van der Waals surface area contributed by atoms with Gasteiger partial charge in [0.05, 0.1) is 5.69 Å². The summed E-state index contributed by atoms with van der Waals surface area (Å²) in [6.45, 7) is 0. The predicted octanol–water partition coefficient (Wildman–Crippen LogP) is 2.57. The normalized spacial score (nSPS) is 12.1. The van der Waals surface area contributed by atoms with Gasteiger partial charge in [-0.1, -0.05) is 36.4 Å². The topological polar surface area (TPSA) is 29.3 Å². The van der Waals surface area contributed by atoms with E-state index in [4.69, 9.17) is 5.84 Å². The monoisotopic (exact) mass is 210 g/mol. The summed E-state index contributed by atoms with van der Waals surface area (Å²) >= 11 is 0. The fraction of sp³-hybridized carbons (Fsp3) is 0.143. The fourth-order valence-electron chi connectivity index (χ4n) is 2.47. The Labute approximate surface area is 95.3 Å². The summed E-state index contributed by atoms with van der Waals surface area (Å²) in [4.78, 5) is 0. The number of hydrogen-bond donors (Lipinski definition) is 1. The van der Waals surface area contributed by atoms with Crippen molar-refractivity contribution in [3.63, 3.8) is 0 Å². The molecule has 0 bridgehead atoms. The summed E-state index contributed by atoms with van der Waals surface area (Å²) in [5.41, 5.74) is 6.53. The van der Waals surface area contributed by atoms with E-state index in [9.17, 15) is 0 Å².